The van der Waals surface area contributed by atoms with Crippen LogP contribution in [-0.4, -0.2) is 10.1 Å². The predicted molar refractivity (Wildman–Crippen MR) is 62.3 cm³/mol. The van der Waals surface area contributed by atoms with Gasteiger partial charge in [-0.1, -0.05) is 70.2 Å². The Balaban J connectivity index is 0.000000255. The zero-order valence-electron chi connectivity index (χ0n) is 7.93. The van der Waals surface area contributed by atoms with Gasteiger partial charge in [0, 0.05) is 0 Å². The number of hydrogen-bond acceptors (Lipinski definition) is 1. The van der Waals surface area contributed by atoms with Crippen molar-refractivity contribution in [1.29, 1.82) is 0 Å². The fraction of sp³-hybridized carbons (Fsp3) is 0.300. The lowest BCUT2D eigenvalue weighted by Gasteiger charge is -1.93. The van der Waals surface area contributed by atoms with Crippen LogP contribution in [-0.2, 0) is 4.79 Å². The highest BCUT2D eigenvalue weighted by Crippen LogP contribution is 2.21. The van der Waals surface area contributed by atoms with Crippen molar-refractivity contribution in [3.8, 4) is 0 Å². The van der Waals surface area contributed by atoms with Crippen molar-refractivity contribution in [2.75, 3.05) is 0 Å². The van der Waals surface area contributed by atoms with Gasteiger partial charge in [0.25, 0.3) is 0 Å². The van der Waals surface area contributed by atoms with Gasteiger partial charge in [-0.15, -0.1) is 0 Å². The van der Waals surface area contributed by atoms with Crippen molar-refractivity contribution in [1.82, 2.24) is 0 Å². The van der Waals surface area contributed by atoms with E-state index in [1.807, 2.05) is 0 Å². The average Bonchev–Trinajstić information content (AvgIpc) is 2.10. The van der Waals surface area contributed by atoms with Crippen LogP contribution in [0.15, 0.2) is 24.3 Å². The van der Waals surface area contributed by atoms with Crippen LogP contribution in [0.1, 0.15) is 11.1 Å². The Bertz CT molecular complexity index is 253. The SMILES string of the molecule is Cc1ccc(C)cc1.O=CC(Cl)(Cl)Cl. The van der Waals surface area contributed by atoms with Crippen LogP contribution in [0, 0.1) is 13.8 Å². The first kappa shape index (κ1) is 13.8. The molecule has 0 unspecified atom stereocenters. The van der Waals surface area contributed by atoms with Crippen molar-refractivity contribution >= 4 is 41.1 Å². The van der Waals surface area contributed by atoms with E-state index in [9.17, 15) is 4.79 Å². The standard InChI is InChI=1S/C8H10.C2HCl3O/c1-7-3-5-8(2)6-4-7;3-2(4,5)1-6/h3-6H,1-2H3;1H. The molecule has 1 aromatic carbocycles. The minimum absolute atomic E-state index is 0.234. The summed E-state index contributed by atoms with van der Waals surface area (Å²) < 4.78 is -1.72. The third kappa shape index (κ3) is 8.36. The van der Waals surface area contributed by atoms with Gasteiger partial charge in [-0.25, -0.2) is 0 Å². The minimum Gasteiger partial charge on any atom is -0.299 e. The molecule has 0 radical (unpaired) electrons. The van der Waals surface area contributed by atoms with Crippen LogP contribution in [0.3, 0.4) is 0 Å². The molecule has 0 bridgehead atoms. The van der Waals surface area contributed by atoms with Gasteiger partial charge < -0.3 is 0 Å². The molecule has 78 valence electrons. The monoisotopic (exact) mass is 252 g/mol. The van der Waals surface area contributed by atoms with Crippen LogP contribution < -0.4 is 0 Å². The molecular weight excluding hydrogens is 242 g/mol. The topological polar surface area (TPSA) is 17.1 Å². The first-order valence-electron chi connectivity index (χ1n) is 3.91. The Hall–Kier alpha value is -0.240. The fourth-order valence-electron chi connectivity index (χ4n) is 0.637. The zero-order chi connectivity index (χ0) is 11.2. The van der Waals surface area contributed by atoms with E-state index in [0.717, 1.165) is 0 Å². The molecule has 1 aromatic rings. The summed E-state index contributed by atoms with van der Waals surface area (Å²) in [6.07, 6.45) is 0.234. The third-order valence-corrected chi connectivity index (χ3v) is 1.62. The fourth-order valence-corrected chi connectivity index (χ4v) is 0.637. The predicted octanol–water partition coefficient (Wildman–Crippen LogP) is 3.86. The van der Waals surface area contributed by atoms with E-state index in [0.29, 0.717) is 0 Å². The van der Waals surface area contributed by atoms with Crippen molar-refractivity contribution in [3.63, 3.8) is 0 Å². The summed E-state index contributed by atoms with van der Waals surface area (Å²) in [6.45, 7) is 4.19. The number of alkyl halides is 3. The van der Waals surface area contributed by atoms with E-state index in [2.05, 4.69) is 38.1 Å². The molecule has 14 heavy (non-hydrogen) atoms. The Kier molecular flexibility index (Phi) is 6.17. The molecule has 0 amide bonds. The molecule has 1 nitrogen and oxygen atoms in total. The van der Waals surface area contributed by atoms with Gasteiger partial charge >= 0.3 is 0 Å². The van der Waals surface area contributed by atoms with Crippen LogP contribution >= 0.6 is 34.8 Å². The molecule has 4 heteroatoms. The van der Waals surface area contributed by atoms with E-state index in [1.165, 1.54) is 11.1 Å². The Labute approximate surface area is 99.0 Å². The van der Waals surface area contributed by atoms with Gasteiger partial charge in [-0.2, -0.15) is 0 Å². The number of hydrogen-bond donors (Lipinski definition) is 0. The molecule has 0 fully saturated rings. The largest absolute Gasteiger partial charge is 0.299 e. The van der Waals surface area contributed by atoms with E-state index in [4.69, 9.17) is 34.8 Å². The summed E-state index contributed by atoms with van der Waals surface area (Å²) in [5.74, 6) is 0. The number of aldehydes is 1. The zero-order valence-corrected chi connectivity index (χ0v) is 10.2. The first-order valence-corrected chi connectivity index (χ1v) is 5.05. The number of aryl methyl sites for hydroxylation is 2. The molecule has 1 rings (SSSR count). The minimum atomic E-state index is -1.72. The highest BCUT2D eigenvalue weighted by molar-refractivity contribution is 6.74. The Morgan fingerprint density at radius 3 is 1.36 bits per heavy atom. The van der Waals surface area contributed by atoms with Gasteiger partial charge in [0.15, 0.2) is 6.29 Å². The van der Waals surface area contributed by atoms with Crippen molar-refractivity contribution in [2.45, 2.75) is 17.6 Å². The number of carbonyl (C=O) groups is 1. The van der Waals surface area contributed by atoms with Gasteiger partial charge in [-0.3, -0.25) is 4.79 Å². The molecule has 0 aromatic heterocycles. The van der Waals surface area contributed by atoms with Crippen molar-refractivity contribution in [2.24, 2.45) is 0 Å². The summed E-state index contributed by atoms with van der Waals surface area (Å²) in [7, 11) is 0. The second kappa shape index (κ2) is 6.28. The van der Waals surface area contributed by atoms with E-state index < -0.39 is 3.79 Å². The number of benzene rings is 1. The van der Waals surface area contributed by atoms with E-state index in [-0.39, 0.29) is 6.29 Å². The highest BCUT2D eigenvalue weighted by Gasteiger charge is 2.16. The summed E-state index contributed by atoms with van der Waals surface area (Å²) in [5, 5.41) is 0. The van der Waals surface area contributed by atoms with Crippen LogP contribution in [0.25, 0.3) is 0 Å². The quantitative estimate of drug-likeness (QED) is 0.507. The highest BCUT2D eigenvalue weighted by atomic mass is 35.6. The van der Waals surface area contributed by atoms with Crippen LogP contribution in [0.4, 0.5) is 0 Å². The lowest BCUT2D eigenvalue weighted by atomic mass is 10.2. The van der Waals surface area contributed by atoms with E-state index in [1.54, 1.807) is 0 Å². The Morgan fingerprint density at radius 1 is 1.00 bits per heavy atom. The molecule has 0 aliphatic heterocycles. The summed E-state index contributed by atoms with van der Waals surface area (Å²) in [5.41, 5.74) is 2.66. The van der Waals surface area contributed by atoms with Gasteiger partial charge in [-0.05, 0) is 13.8 Å². The summed E-state index contributed by atoms with van der Waals surface area (Å²) in [4.78, 5) is 9.43. The first-order chi connectivity index (χ1) is 6.35. The second-order valence-electron chi connectivity index (χ2n) is 2.81. The smallest absolute Gasteiger partial charge is 0.245 e. The molecule has 0 atom stereocenters. The lowest BCUT2D eigenvalue weighted by molar-refractivity contribution is -0.107. The molecule has 0 N–H and O–H groups in total. The molecule has 0 heterocycles. The average molecular weight is 254 g/mol. The number of carbonyl (C=O) groups excluding carboxylic acids is 1. The normalized spacial score (nSPS) is 10.1. The maximum Gasteiger partial charge on any atom is 0.245 e. The second-order valence-corrected chi connectivity index (χ2v) is 5.18. The molecule has 0 aliphatic rings. The molecule has 0 saturated carbocycles. The Morgan fingerprint density at radius 2 is 1.21 bits per heavy atom. The molecule has 0 saturated heterocycles. The molecule has 0 spiro atoms. The van der Waals surface area contributed by atoms with Crippen molar-refractivity contribution < 1.29 is 4.79 Å². The van der Waals surface area contributed by atoms with Gasteiger partial charge in [0.2, 0.25) is 3.79 Å². The van der Waals surface area contributed by atoms with Crippen LogP contribution in [0.5, 0.6) is 0 Å². The number of rotatable bonds is 0. The maximum absolute atomic E-state index is 9.43. The van der Waals surface area contributed by atoms with E-state index >= 15 is 0 Å². The van der Waals surface area contributed by atoms with Crippen LogP contribution in [0.2, 0.25) is 0 Å². The number of halogens is 3. The summed E-state index contributed by atoms with van der Waals surface area (Å²) >= 11 is 14.6. The van der Waals surface area contributed by atoms with Gasteiger partial charge in [0.05, 0.1) is 0 Å². The van der Waals surface area contributed by atoms with Gasteiger partial charge in [0.1, 0.15) is 0 Å². The molecule has 0 aliphatic carbocycles. The summed E-state index contributed by atoms with van der Waals surface area (Å²) in [6, 6.07) is 8.48. The van der Waals surface area contributed by atoms with Crippen molar-refractivity contribution in [3.05, 3.63) is 35.4 Å². The third-order valence-electron chi connectivity index (χ3n) is 1.35. The maximum atomic E-state index is 9.43. The molecular formula is C10H11Cl3O. The lowest BCUT2D eigenvalue weighted by Crippen LogP contribution is -2.00.